The van der Waals surface area contributed by atoms with E-state index in [9.17, 15) is 0 Å². The Labute approximate surface area is 128 Å². The molecular weight excluding hydrogens is 276 g/mol. The van der Waals surface area contributed by atoms with Gasteiger partial charge in [0.15, 0.2) is 0 Å². The normalized spacial score (nSPS) is 10.5. The van der Waals surface area contributed by atoms with Gasteiger partial charge in [0.25, 0.3) is 0 Å². The molecule has 3 aromatic carbocycles. The lowest BCUT2D eigenvalue weighted by molar-refractivity contribution is 1.40. The molecule has 0 amide bonds. The molecule has 3 rings (SSSR count). The molecule has 104 valence electrons. The Kier molecular flexibility index (Phi) is 3.84. The molecule has 0 aliphatic rings. The van der Waals surface area contributed by atoms with Gasteiger partial charge < -0.3 is 11.5 Å². The van der Waals surface area contributed by atoms with Gasteiger partial charge in [0.1, 0.15) is 0 Å². The topological polar surface area (TPSA) is 52.0 Å². The second-order valence-corrected chi connectivity index (χ2v) is 5.85. The maximum absolute atomic E-state index is 6.19. The Balaban J connectivity index is 2.08. The van der Waals surface area contributed by atoms with Crippen molar-refractivity contribution in [3.63, 3.8) is 0 Å². The first kappa shape index (κ1) is 13.6. The quantitative estimate of drug-likeness (QED) is 0.690. The van der Waals surface area contributed by atoms with Gasteiger partial charge in [-0.2, -0.15) is 0 Å². The molecule has 0 heterocycles. The van der Waals surface area contributed by atoms with Crippen LogP contribution in [0.1, 0.15) is 0 Å². The molecule has 0 saturated carbocycles. The van der Waals surface area contributed by atoms with Crippen molar-refractivity contribution in [2.75, 3.05) is 11.5 Å². The van der Waals surface area contributed by atoms with Crippen LogP contribution in [0.2, 0.25) is 0 Å². The molecule has 4 N–H and O–H groups in total. The highest BCUT2D eigenvalue weighted by Crippen LogP contribution is 2.40. The van der Waals surface area contributed by atoms with Gasteiger partial charge in [-0.1, -0.05) is 54.2 Å². The zero-order valence-corrected chi connectivity index (χ0v) is 12.3. The van der Waals surface area contributed by atoms with Crippen molar-refractivity contribution in [1.82, 2.24) is 0 Å². The molecule has 0 aliphatic heterocycles. The SMILES string of the molecule is Nc1cccc(-c2cccc(N)c2Sc2ccccc2)c1. The van der Waals surface area contributed by atoms with E-state index in [0.717, 1.165) is 27.4 Å². The smallest absolute Gasteiger partial charge is 0.0462 e. The van der Waals surface area contributed by atoms with Crippen LogP contribution in [0.25, 0.3) is 11.1 Å². The molecule has 3 aromatic rings. The van der Waals surface area contributed by atoms with Gasteiger partial charge >= 0.3 is 0 Å². The Morgan fingerprint density at radius 3 is 2.24 bits per heavy atom. The van der Waals surface area contributed by atoms with Gasteiger partial charge in [0.05, 0.1) is 0 Å². The molecule has 0 spiro atoms. The lowest BCUT2D eigenvalue weighted by atomic mass is 10.0. The van der Waals surface area contributed by atoms with E-state index in [1.54, 1.807) is 11.8 Å². The molecule has 0 bridgehead atoms. The minimum absolute atomic E-state index is 0.755. The lowest BCUT2D eigenvalue weighted by Crippen LogP contribution is -1.92. The van der Waals surface area contributed by atoms with Crippen molar-refractivity contribution in [2.24, 2.45) is 0 Å². The van der Waals surface area contributed by atoms with Crippen molar-refractivity contribution < 1.29 is 0 Å². The minimum Gasteiger partial charge on any atom is -0.399 e. The van der Waals surface area contributed by atoms with Crippen LogP contribution in [-0.4, -0.2) is 0 Å². The first-order valence-corrected chi connectivity index (χ1v) is 7.53. The van der Waals surface area contributed by atoms with Crippen LogP contribution >= 0.6 is 11.8 Å². The highest BCUT2D eigenvalue weighted by atomic mass is 32.2. The van der Waals surface area contributed by atoms with Crippen molar-refractivity contribution in [3.05, 3.63) is 72.8 Å². The van der Waals surface area contributed by atoms with E-state index >= 15 is 0 Å². The standard InChI is InChI=1S/C18H16N2S/c19-14-7-4-6-13(12-14)16-10-5-11-17(20)18(16)21-15-8-2-1-3-9-15/h1-12H,19-20H2. The second kappa shape index (κ2) is 5.94. The minimum atomic E-state index is 0.755. The fourth-order valence-electron chi connectivity index (χ4n) is 2.21. The lowest BCUT2D eigenvalue weighted by Gasteiger charge is -2.12. The average Bonchev–Trinajstić information content (AvgIpc) is 2.50. The van der Waals surface area contributed by atoms with E-state index in [-0.39, 0.29) is 0 Å². The average molecular weight is 292 g/mol. The highest BCUT2D eigenvalue weighted by Gasteiger charge is 2.10. The van der Waals surface area contributed by atoms with E-state index in [0.29, 0.717) is 0 Å². The maximum Gasteiger partial charge on any atom is 0.0462 e. The van der Waals surface area contributed by atoms with Crippen molar-refractivity contribution in [2.45, 2.75) is 9.79 Å². The summed E-state index contributed by atoms with van der Waals surface area (Å²) in [5.41, 5.74) is 15.8. The predicted molar refractivity (Wildman–Crippen MR) is 91.3 cm³/mol. The summed E-state index contributed by atoms with van der Waals surface area (Å²) >= 11 is 1.68. The Hall–Kier alpha value is -2.39. The Morgan fingerprint density at radius 1 is 0.714 bits per heavy atom. The van der Waals surface area contributed by atoms with Gasteiger partial charge in [-0.15, -0.1) is 0 Å². The molecule has 3 heteroatoms. The van der Waals surface area contributed by atoms with Crippen molar-refractivity contribution >= 4 is 23.1 Å². The van der Waals surface area contributed by atoms with Gasteiger partial charge in [-0.05, 0) is 41.5 Å². The second-order valence-electron chi connectivity index (χ2n) is 4.76. The third kappa shape index (κ3) is 3.03. The molecule has 0 aliphatic carbocycles. The van der Waals surface area contributed by atoms with E-state index < -0.39 is 0 Å². The van der Waals surface area contributed by atoms with E-state index in [2.05, 4.69) is 24.3 Å². The number of hydrogen-bond acceptors (Lipinski definition) is 3. The van der Waals surface area contributed by atoms with E-state index in [1.165, 1.54) is 4.90 Å². The van der Waals surface area contributed by atoms with Gasteiger partial charge in [0, 0.05) is 21.2 Å². The maximum atomic E-state index is 6.19. The van der Waals surface area contributed by atoms with Crippen LogP contribution in [-0.2, 0) is 0 Å². The Bertz CT molecular complexity index is 754. The largest absolute Gasteiger partial charge is 0.399 e. The zero-order chi connectivity index (χ0) is 14.7. The summed E-state index contributed by atoms with van der Waals surface area (Å²) in [4.78, 5) is 2.23. The number of hydrogen-bond donors (Lipinski definition) is 2. The monoisotopic (exact) mass is 292 g/mol. The Morgan fingerprint density at radius 2 is 1.48 bits per heavy atom. The van der Waals surface area contributed by atoms with Crippen LogP contribution in [0, 0.1) is 0 Å². The van der Waals surface area contributed by atoms with E-state index in [1.807, 2.05) is 48.5 Å². The third-order valence-electron chi connectivity index (χ3n) is 3.21. The summed E-state index contributed by atoms with van der Waals surface area (Å²) in [6.07, 6.45) is 0. The molecule has 0 unspecified atom stereocenters. The summed E-state index contributed by atoms with van der Waals surface area (Å²) in [7, 11) is 0. The summed E-state index contributed by atoms with van der Waals surface area (Å²) in [6.45, 7) is 0. The molecule has 2 nitrogen and oxygen atoms in total. The zero-order valence-electron chi connectivity index (χ0n) is 11.5. The van der Waals surface area contributed by atoms with Crippen molar-refractivity contribution in [1.29, 1.82) is 0 Å². The molecule has 0 fully saturated rings. The van der Waals surface area contributed by atoms with Crippen molar-refractivity contribution in [3.8, 4) is 11.1 Å². The van der Waals surface area contributed by atoms with Crippen LogP contribution < -0.4 is 11.5 Å². The number of nitrogens with two attached hydrogens (primary N) is 2. The highest BCUT2D eigenvalue weighted by molar-refractivity contribution is 7.99. The molecule has 21 heavy (non-hydrogen) atoms. The number of benzene rings is 3. The number of rotatable bonds is 3. The van der Waals surface area contributed by atoms with Crippen LogP contribution in [0.3, 0.4) is 0 Å². The summed E-state index contributed by atoms with van der Waals surface area (Å²) < 4.78 is 0. The van der Waals surface area contributed by atoms with Crippen LogP contribution in [0.5, 0.6) is 0 Å². The van der Waals surface area contributed by atoms with Gasteiger partial charge in [0.2, 0.25) is 0 Å². The summed E-state index contributed by atoms with van der Waals surface area (Å²) in [6, 6.07) is 24.1. The van der Waals surface area contributed by atoms with Gasteiger partial charge in [-0.3, -0.25) is 0 Å². The fraction of sp³-hybridized carbons (Fsp3) is 0. The number of nitrogen functional groups attached to an aromatic ring is 2. The van der Waals surface area contributed by atoms with Gasteiger partial charge in [-0.25, -0.2) is 0 Å². The molecule has 0 atom stereocenters. The summed E-state index contributed by atoms with van der Waals surface area (Å²) in [5.74, 6) is 0. The molecule has 0 radical (unpaired) electrons. The fourth-order valence-corrected chi connectivity index (χ4v) is 3.22. The van der Waals surface area contributed by atoms with Crippen LogP contribution in [0.4, 0.5) is 11.4 Å². The first-order chi connectivity index (χ1) is 10.2. The molecule has 0 saturated heterocycles. The number of anilines is 2. The summed E-state index contributed by atoms with van der Waals surface area (Å²) in [5, 5.41) is 0. The first-order valence-electron chi connectivity index (χ1n) is 6.71. The van der Waals surface area contributed by atoms with E-state index in [4.69, 9.17) is 11.5 Å². The molecule has 0 aromatic heterocycles. The molecular formula is C18H16N2S. The predicted octanol–water partition coefficient (Wildman–Crippen LogP) is 4.67. The third-order valence-corrected chi connectivity index (χ3v) is 4.37. The van der Waals surface area contributed by atoms with Crippen LogP contribution in [0.15, 0.2) is 82.6 Å².